The maximum Gasteiger partial charge on any atom is 0.352 e. The molecule has 0 aliphatic rings. The number of nitrogens with one attached hydrogen (secondary N) is 1. The van der Waals surface area contributed by atoms with Gasteiger partial charge in [-0.15, -0.1) is 5.10 Å². The Hall–Kier alpha value is -4.48. The lowest BCUT2D eigenvalue weighted by molar-refractivity contribution is -0.623. The Labute approximate surface area is 206 Å². The molecule has 1 N–H and O–H groups in total. The summed E-state index contributed by atoms with van der Waals surface area (Å²) in [5.74, 6) is -0.926. The maximum absolute atomic E-state index is 13.0. The number of benzene rings is 2. The van der Waals surface area contributed by atoms with Gasteiger partial charge in [0.05, 0.1) is 18.7 Å². The third-order valence-electron chi connectivity index (χ3n) is 5.68. The summed E-state index contributed by atoms with van der Waals surface area (Å²) in [6, 6.07) is 10.6. The summed E-state index contributed by atoms with van der Waals surface area (Å²) in [7, 11) is 0. The maximum atomic E-state index is 13.0. The van der Waals surface area contributed by atoms with Gasteiger partial charge in [0.1, 0.15) is 11.2 Å². The van der Waals surface area contributed by atoms with Crippen LogP contribution in [-0.2, 0) is 19.1 Å². The Kier molecular flexibility index (Phi) is 7.13. The van der Waals surface area contributed by atoms with Gasteiger partial charge in [-0.2, -0.15) is 4.73 Å². The van der Waals surface area contributed by atoms with Gasteiger partial charge in [0.25, 0.3) is 11.2 Å². The van der Waals surface area contributed by atoms with Crippen LogP contribution in [0.1, 0.15) is 38.4 Å². The third-order valence-corrected chi connectivity index (χ3v) is 5.68. The van der Waals surface area contributed by atoms with E-state index in [1.165, 1.54) is 4.68 Å². The van der Waals surface area contributed by atoms with Crippen LogP contribution in [0.5, 0.6) is 0 Å². The fraction of sp³-hybridized carbons (Fsp3) is 0.333. The zero-order chi connectivity index (χ0) is 25.8. The molecule has 0 saturated carbocycles. The van der Waals surface area contributed by atoms with Gasteiger partial charge in [0.2, 0.25) is 5.52 Å². The van der Waals surface area contributed by atoms with Crippen LogP contribution < -0.4 is 14.8 Å². The van der Waals surface area contributed by atoms with Crippen molar-refractivity contribution in [1.82, 2.24) is 15.0 Å². The molecule has 0 saturated heterocycles. The van der Waals surface area contributed by atoms with Crippen LogP contribution in [0.15, 0.2) is 42.5 Å². The normalized spacial score (nSPS) is 12.0. The summed E-state index contributed by atoms with van der Waals surface area (Å²) in [5.41, 5.74) is 2.11. The molecule has 0 aliphatic carbocycles. The number of carbonyl (C=O) groups is 2. The number of nitrogens with zero attached hydrogens (tertiary/aromatic N) is 5. The molecular weight excluding hydrogens is 468 g/mol. The third kappa shape index (κ3) is 4.69. The SMILES string of the molecule is CCOC(=O)CCC(C(=O)OCC)n1nnc2ccc(Nc3c(C)[n+]([O-])c4ccccc4[n+]3[O-])cc21. The summed E-state index contributed by atoms with van der Waals surface area (Å²) < 4.78 is 12.9. The van der Waals surface area contributed by atoms with Crippen LogP contribution in [0.25, 0.3) is 22.1 Å². The highest BCUT2D eigenvalue weighted by Crippen LogP contribution is 2.26. The first-order valence-electron chi connectivity index (χ1n) is 11.5. The lowest BCUT2D eigenvalue weighted by Crippen LogP contribution is -2.43. The first-order valence-corrected chi connectivity index (χ1v) is 11.5. The molecule has 1 atom stereocenters. The molecule has 1 unspecified atom stereocenters. The minimum atomic E-state index is -0.912. The van der Waals surface area contributed by atoms with Crippen LogP contribution in [0.4, 0.5) is 11.5 Å². The second kappa shape index (κ2) is 10.4. The zero-order valence-corrected chi connectivity index (χ0v) is 20.1. The van der Waals surface area contributed by atoms with Crippen LogP contribution in [-0.4, -0.2) is 40.1 Å². The van der Waals surface area contributed by atoms with E-state index in [1.807, 2.05) is 0 Å². The number of hydrogen-bond donors (Lipinski definition) is 1. The lowest BCUT2D eigenvalue weighted by atomic mass is 10.1. The number of carbonyl (C=O) groups excluding carboxylic acids is 2. The molecule has 0 spiro atoms. The van der Waals surface area contributed by atoms with E-state index in [9.17, 15) is 20.0 Å². The minimum Gasteiger partial charge on any atom is -0.710 e. The monoisotopic (exact) mass is 494 g/mol. The highest BCUT2D eigenvalue weighted by molar-refractivity contribution is 5.83. The van der Waals surface area contributed by atoms with Gasteiger partial charge >= 0.3 is 17.8 Å². The van der Waals surface area contributed by atoms with E-state index in [0.717, 1.165) is 0 Å². The van der Waals surface area contributed by atoms with E-state index in [1.54, 1.807) is 63.2 Å². The number of hydrogen-bond acceptors (Lipinski definition) is 9. The van der Waals surface area contributed by atoms with Crippen molar-refractivity contribution in [2.45, 2.75) is 39.7 Å². The van der Waals surface area contributed by atoms with Gasteiger partial charge in [-0.25, -0.2) is 19.5 Å². The molecule has 2 aromatic carbocycles. The predicted molar refractivity (Wildman–Crippen MR) is 129 cm³/mol. The van der Waals surface area contributed by atoms with E-state index in [2.05, 4.69) is 15.6 Å². The van der Waals surface area contributed by atoms with Crippen molar-refractivity contribution >= 4 is 45.5 Å². The average molecular weight is 495 g/mol. The molecule has 0 fully saturated rings. The average Bonchev–Trinajstić information content (AvgIpc) is 3.29. The Morgan fingerprint density at radius 2 is 1.75 bits per heavy atom. The fourth-order valence-corrected chi connectivity index (χ4v) is 3.94. The second-order valence-electron chi connectivity index (χ2n) is 7.99. The number of ether oxygens (including phenoxy) is 2. The van der Waals surface area contributed by atoms with Crippen molar-refractivity contribution in [3.8, 4) is 0 Å². The largest absolute Gasteiger partial charge is 0.710 e. The molecule has 0 aliphatic heterocycles. The molecule has 12 heteroatoms. The molecule has 0 radical (unpaired) electrons. The molecule has 12 nitrogen and oxygen atoms in total. The number of aromatic nitrogens is 5. The van der Waals surface area contributed by atoms with E-state index in [4.69, 9.17) is 9.47 Å². The van der Waals surface area contributed by atoms with Gasteiger partial charge in [-0.05, 0) is 38.5 Å². The minimum absolute atomic E-state index is 0.00736. The van der Waals surface area contributed by atoms with Crippen molar-refractivity contribution in [3.05, 3.63) is 58.6 Å². The van der Waals surface area contributed by atoms with Crippen LogP contribution in [0, 0.1) is 17.3 Å². The summed E-state index contributed by atoms with van der Waals surface area (Å²) in [4.78, 5) is 24.6. The quantitative estimate of drug-likeness (QED) is 0.210. The first kappa shape index (κ1) is 24.6. The summed E-state index contributed by atoms with van der Waals surface area (Å²) in [5, 5.41) is 37.0. The Bertz CT molecular complexity index is 1440. The molecule has 0 amide bonds. The van der Waals surface area contributed by atoms with Gasteiger partial charge in [0, 0.05) is 25.5 Å². The van der Waals surface area contributed by atoms with E-state index >= 15 is 0 Å². The Morgan fingerprint density at radius 1 is 1.06 bits per heavy atom. The first-order chi connectivity index (χ1) is 17.3. The molecule has 188 valence electrons. The zero-order valence-electron chi connectivity index (χ0n) is 20.1. The number of fused-ring (bicyclic) bond motifs is 2. The molecular formula is C24H26N6O6. The second-order valence-corrected chi connectivity index (χ2v) is 7.99. The van der Waals surface area contributed by atoms with Crippen molar-refractivity contribution in [2.24, 2.45) is 0 Å². The summed E-state index contributed by atoms with van der Waals surface area (Å²) in [6.07, 6.45) is 0.0981. The lowest BCUT2D eigenvalue weighted by Gasteiger charge is -2.16. The van der Waals surface area contributed by atoms with Gasteiger partial charge in [-0.1, -0.05) is 17.3 Å². The molecule has 4 rings (SSSR count). The van der Waals surface area contributed by atoms with Gasteiger partial charge in [-0.3, -0.25) is 4.79 Å². The fourth-order valence-electron chi connectivity index (χ4n) is 3.94. The van der Waals surface area contributed by atoms with Crippen LogP contribution in [0.3, 0.4) is 0 Å². The molecule has 36 heavy (non-hydrogen) atoms. The Balaban J connectivity index is 1.72. The molecule has 2 heterocycles. The van der Waals surface area contributed by atoms with Crippen molar-refractivity contribution in [1.29, 1.82) is 0 Å². The van der Waals surface area contributed by atoms with Crippen molar-refractivity contribution in [2.75, 3.05) is 18.5 Å². The van der Waals surface area contributed by atoms with Crippen molar-refractivity contribution in [3.63, 3.8) is 0 Å². The van der Waals surface area contributed by atoms with Gasteiger partial charge in [0.15, 0.2) is 6.04 Å². The van der Waals surface area contributed by atoms with Crippen LogP contribution in [0.2, 0.25) is 0 Å². The van der Waals surface area contributed by atoms with E-state index in [-0.39, 0.29) is 48.6 Å². The Morgan fingerprint density at radius 3 is 2.44 bits per heavy atom. The number of para-hydroxylation sites is 2. The van der Waals surface area contributed by atoms with E-state index < -0.39 is 18.0 Å². The molecule has 4 aromatic rings. The summed E-state index contributed by atoms with van der Waals surface area (Å²) >= 11 is 0. The van der Waals surface area contributed by atoms with Crippen molar-refractivity contribution < 1.29 is 28.5 Å². The highest BCUT2D eigenvalue weighted by atomic mass is 16.5. The molecule has 0 bridgehead atoms. The summed E-state index contributed by atoms with van der Waals surface area (Å²) in [6.45, 7) is 5.34. The standard InChI is InChI=1S/C24H26N6O6/c1-4-35-22(31)13-12-20(24(32)36-5-2)28-21-14-16(10-11-17(21)26-27-28)25-23-15(3)29(33)18-8-6-7-9-19(18)30(23)34/h6-11,14,20,25H,4-5,12-13H2,1-3H3. The highest BCUT2D eigenvalue weighted by Gasteiger charge is 2.28. The van der Waals surface area contributed by atoms with Crippen LogP contribution >= 0.6 is 0 Å². The predicted octanol–water partition coefficient (Wildman–Crippen LogP) is 2.35. The molecule has 2 aromatic heterocycles. The smallest absolute Gasteiger partial charge is 0.352 e. The topological polar surface area (TPSA) is 149 Å². The number of rotatable bonds is 9. The number of anilines is 2. The number of esters is 2. The van der Waals surface area contributed by atoms with E-state index in [0.29, 0.717) is 26.2 Å². The van der Waals surface area contributed by atoms with Gasteiger partial charge < -0.3 is 19.9 Å².